The van der Waals surface area contributed by atoms with Crippen LogP contribution in [0.15, 0.2) is 4.99 Å². The summed E-state index contributed by atoms with van der Waals surface area (Å²) in [5.41, 5.74) is 10.8. The van der Waals surface area contributed by atoms with Crippen LogP contribution in [-0.2, 0) is 28.8 Å². The molecule has 1 heterocycles. The Bertz CT molecular complexity index is 1100. The number of guanidine groups is 1. The fourth-order valence-corrected chi connectivity index (χ4v) is 5.04. The summed E-state index contributed by atoms with van der Waals surface area (Å²) in [5.74, 6) is -4.59. The monoisotopic (exact) mass is 669 g/mol. The summed E-state index contributed by atoms with van der Waals surface area (Å²) < 4.78 is 0. The predicted octanol–water partition coefficient (Wildman–Crippen LogP) is -0.950. The van der Waals surface area contributed by atoms with Crippen LogP contribution in [0.5, 0.6) is 0 Å². The van der Waals surface area contributed by atoms with E-state index in [1.54, 1.807) is 13.8 Å². The lowest BCUT2D eigenvalue weighted by Gasteiger charge is -2.31. The summed E-state index contributed by atoms with van der Waals surface area (Å²) in [6.45, 7) is 12.7. The molecule has 0 radical (unpaired) electrons. The summed E-state index contributed by atoms with van der Waals surface area (Å²) >= 11 is 4.21. The highest BCUT2D eigenvalue weighted by atomic mass is 32.1. The molecule has 1 aliphatic heterocycles. The first kappa shape index (κ1) is 40.5. The maximum atomic E-state index is 13.7. The van der Waals surface area contributed by atoms with Crippen molar-refractivity contribution < 1.29 is 28.8 Å². The van der Waals surface area contributed by atoms with Crippen molar-refractivity contribution in [1.82, 2.24) is 31.9 Å². The van der Waals surface area contributed by atoms with Crippen LogP contribution in [0.25, 0.3) is 0 Å². The fourth-order valence-electron chi connectivity index (χ4n) is 4.78. The highest BCUT2D eigenvalue weighted by Gasteiger charge is 2.36. The largest absolute Gasteiger partial charge is 0.370 e. The number of amides is 6. The molecular weight excluding hydrogens is 614 g/mol. The molecule has 1 fully saturated rings. The van der Waals surface area contributed by atoms with Crippen LogP contribution < -0.4 is 43.4 Å². The van der Waals surface area contributed by atoms with Gasteiger partial charge in [0.2, 0.25) is 35.4 Å². The number of nitrogens with two attached hydrogens (primary N) is 2. The van der Waals surface area contributed by atoms with Crippen molar-refractivity contribution in [2.75, 3.05) is 12.3 Å². The molecule has 1 aliphatic rings. The first-order valence-electron chi connectivity index (χ1n) is 16.0. The molecular formula is C30H55N9O6S. The van der Waals surface area contributed by atoms with Gasteiger partial charge in [0.15, 0.2) is 5.96 Å². The van der Waals surface area contributed by atoms with Crippen molar-refractivity contribution in [3.63, 3.8) is 0 Å². The van der Waals surface area contributed by atoms with E-state index in [2.05, 4.69) is 49.5 Å². The quantitative estimate of drug-likeness (QED) is 0.0574. The molecule has 1 saturated heterocycles. The van der Waals surface area contributed by atoms with Crippen LogP contribution in [0, 0.1) is 17.8 Å². The molecule has 8 atom stereocenters. The Hall–Kier alpha value is -3.56. The number of hydrogen-bond donors (Lipinski definition) is 9. The summed E-state index contributed by atoms with van der Waals surface area (Å²) in [4.78, 5) is 84.7. The molecule has 0 aromatic rings. The third kappa shape index (κ3) is 13.0. The van der Waals surface area contributed by atoms with E-state index in [1.165, 1.54) is 6.92 Å². The Morgan fingerprint density at radius 3 is 1.65 bits per heavy atom. The van der Waals surface area contributed by atoms with E-state index in [0.29, 0.717) is 19.3 Å². The first-order valence-corrected chi connectivity index (χ1v) is 16.7. The Morgan fingerprint density at radius 1 is 0.696 bits per heavy atom. The maximum Gasteiger partial charge on any atom is 0.244 e. The summed E-state index contributed by atoms with van der Waals surface area (Å²) in [6, 6.07) is -6.43. The number of thiol groups is 1. The van der Waals surface area contributed by atoms with Crippen molar-refractivity contribution >= 4 is 54.0 Å². The van der Waals surface area contributed by atoms with Gasteiger partial charge in [-0.2, -0.15) is 12.6 Å². The summed E-state index contributed by atoms with van der Waals surface area (Å²) in [6.07, 6.45) is 1.74. The highest BCUT2D eigenvalue weighted by molar-refractivity contribution is 7.80. The van der Waals surface area contributed by atoms with E-state index in [9.17, 15) is 28.8 Å². The van der Waals surface area contributed by atoms with Crippen LogP contribution in [0.4, 0.5) is 0 Å². The molecule has 6 amide bonds. The van der Waals surface area contributed by atoms with Crippen LogP contribution in [-0.4, -0.2) is 90.0 Å². The van der Waals surface area contributed by atoms with E-state index in [4.69, 9.17) is 11.5 Å². The van der Waals surface area contributed by atoms with Gasteiger partial charge in [0.25, 0.3) is 0 Å². The molecule has 10 N–H and O–H groups in total. The Labute approximate surface area is 277 Å². The number of hydrogen-bond acceptors (Lipinski definition) is 8. The fraction of sp³-hybridized carbons (Fsp3) is 0.767. The molecule has 0 aromatic heterocycles. The minimum Gasteiger partial charge on any atom is -0.370 e. The maximum absolute atomic E-state index is 13.7. The average molecular weight is 670 g/mol. The molecule has 46 heavy (non-hydrogen) atoms. The molecule has 0 spiro atoms. The third-order valence-electron chi connectivity index (χ3n) is 8.07. The standard InChI is InChI=1S/C30H55N9O6S/c1-8-16(5)22-28(44)34-18(7)24(40)37-21(14-46)27(43)35-19(11-10-12-33-30(31)32)25(41)36-20(13-15(3)4)26(42)38-23(17(6)9-2)29(45)39-22/h15-23,46H,8-14H2,1-7H3,(H,34,44)(H,35,43)(H,36,41)(H,37,40)(H,38,42)(H,39,45)(H4,31,32,33)/t16-,17-,18-,19-,20-,21-,22-,23-/m0/s1. The average Bonchev–Trinajstić information content (AvgIpc) is 2.99. The van der Waals surface area contributed by atoms with Gasteiger partial charge in [0, 0.05) is 12.3 Å². The number of aliphatic imine (C=N–C) groups is 1. The van der Waals surface area contributed by atoms with E-state index < -0.39 is 71.7 Å². The van der Waals surface area contributed by atoms with Crippen LogP contribution in [0.2, 0.25) is 0 Å². The van der Waals surface area contributed by atoms with Crippen LogP contribution in [0.1, 0.15) is 80.6 Å². The number of rotatable bonds is 11. The van der Waals surface area contributed by atoms with Gasteiger partial charge in [-0.3, -0.25) is 33.8 Å². The Kier molecular flexibility index (Phi) is 17.5. The summed E-state index contributed by atoms with van der Waals surface area (Å²) in [7, 11) is 0. The lowest BCUT2D eigenvalue weighted by Crippen LogP contribution is -2.62. The van der Waals surface area contributed by atoms with Crippen molar-refractivity contribution in [2.45, 2.75) is 117 Å². The van der Waals surface area contributed by atoms with E-state index in [0.717, 1.165) is 0 Å². The topological polar surface area (TPSA) is 239 Å². The first-order chi connectivity index (χ1) is 21.6. The second-order valence-corrected chi connectivity index (χ2v) is 12.8. The van der Waals surface area contributed by atoms with Gasteiger partial charge < -0.3 is 43.4 Å². The second-order valence-electron chi connectivity index (χ2n) is 12.4. The lowest BCUT2D eigenvalue weighted by molar-refractivity contribution is -0.137. The van der Waals surface area contributed by atoms with Crippen LogP contribution >= 0.6 is 12.6 Å². The number of carbonyl (C=O) groups is 6. The molecule has 0 aromatic carbocycles. The molecule has 0 unspecified atom stereocenters. The Morgan fingerprint density at radius 2 is 1.15 bits per heavy atom. The molecule has 16 heteroatoms. The minimum absolute atomic E-state index is 0.0241. The smallest absolute Gasteiger partial charge is 0.244 e. The Balaban J connectivity index is 3.62. The number of nitrogens with zero attached hydrogens (tertiary/aromatic N) is 1. The molecule has 15 nitrogen and oxygen atoms in total. The zero-order valence-corrected chi connectivity index (χ0v) is 29.0. The van der Waals surface area contributed by atoms with E-state index in [-0.39, 0.29) is 48.9 Å². The zero-order chi connectivity index (χ0) is 35.1. The normalized spacial score (nSPS) is 27.1. The number of nitrogens with one attached hydrogen (secondary N) is 6. The van der Waals surface area contributed by atoms with Crippen molar-refractivity contribution in [1.29, 1.82) is 0 Å². The second kappa shape index (κ2) is 19.8. The van der Waals surface area contributed by atoms with E-state index in [1.807, 2.05) is 27.7 Å². The van der Waals surface area contributed by atoms with Gasteiger partial charge in [-0.25, -0.2) is 0 Å². The molecule has 0 aliphatic carbocycles. The van der Waals surface area contributed by atoms with Gasteiger partial charge in [-0.15, -0.1) is 0 Å². The SMILES string of the molecule is CC[C@H](C)[C@@H]1NC(=O)[C@H](CC(C)C)NC(=O)[C@H](CCCN=C(N)N)NC(=O)[C@H](CS)NC(=O)[C@H](C)NC(=O)[C@H]([C@@H](C)CC)NC1=O. The third-order valence-corrected chi connectivity index (χ3v) is 8.44. The zero-order valence-electron chi connectivity index (χ0n) is 28.1. The predicted molar refractivity (Wildman–Crippen MR) is 179 cm³/mol. The molecule has 1 rings (SSSR count). The van der Waals surface area contributed by atoms with Crippen molar-refractivity contribution in [3.8, 4) is 0 Å². The van der Waals surface area contributed by atoms with E-state index >= 15 is 0 Å². The molecule has 0 saturated carbocycles. The van der Waals surface area contributed by atoms with Gasteiger partial charge >= 0.3 is 0 Å². The molecule has 262 valence electrons. The van der Waals surface area contributed by atoms with Crippen LogP contribution in [0.3, 0.4) is 0 Å². The minimum atomic E-state index is -1.15. The molecule has 0 bridgehead atoms. The summed E-state index contributed by atoms with van der Waals surface area (Å²) in [5, 5.41) is 16.2. The van der Waals surface area contributed by atoms with Gasteiger partial charge in [-0.1, -0.05) is 54.4 Å². The van der Waals surface area contributed by atoms with Gasteiger partial charge in [0.1, 0.15) is 36.3 Å². The number of carbonyl (C=O) groups excluding carboxylic acids is 6. The lowest BCUT2D eigenvalue weighted by atomic mass is 9.94. The van der Waals surface area contributed by atoms with Crippen molar-refractivity contribution in [3.05, 3.63) is 0 Å². The van der Waals surface area contributed by atoms with Gasteiger partial charge in [0.05, 0.1) is 0 Å². The van der Waals surface area contributed by atoms with Gasteiger partial charge in [-0.05, 0) is 43.9 Å². The highest BCUT2D eigenvalue weighted by Crippen LogP contribution is 2.14. The van der Waals surface area contributed by atoms with Crippen molar-refractivity contribution in [2.24, 2.45) is 34.2 Å².